The summed E-state index contributed by atoms with van der Waals surface area (Å²) in [5, 5.41) is 0. The minimum absolute atomic E-state index is 0.0428. The van der Waals surface area contributed by atoms with E-state index >= 15 is 0 Å². The zero-order valence-corrected chi connectivity index (χ0v) is 13.5. The van der Waals surface area contributed by atoms with Gasteiger partial charge >= 0.3 is 11.9 Å². The monoisotopic (exact) mass is 398 g/mol. The molecular formula is C14H17F2IO3. The molecular weight excluding hydrogens is 381 g/mol. The van der Waals surface area contributed by atoms with Gasteiger partial charge in [0, 0.05) is 10.3 Å². The highest BCUT2D eigenvalue weighted by Gasteiger charge is 2.42. The number of rotatable bonds is 7. The summed E-state index contributed by atoms with van der Waals surface area (Å²) in [5.74, 6) is -4.17. The van der Waals surface area contributed by atoms with E-state index in [2.05, 4.69) is 4.74 Å². The van der Waals surface area contributed by atoms with Gasteiger partial charge in [-0.3, -0.25) is 0 Å². The molecule has 112 valence electrons. The molecule has 0 saturated heterocycles. The smallest absolute Gasteiger partial charge is 0.377 e. The first kappa shape index (κ1) is 17.1. The molecule has 0 amide bonds. The van der Waals surface area contributed by atoms with E-state index in [4.69, 9.17) is 4.74 Å². The second-order valence-corrected chi connectivity index (χ2v) is 6.04. The molecule has 1 aromatic rings. The topological polar surface area (TPSA) is 35.5 Å². The summed E-state index contributed by atoms with van der Waals surface area (Å²) in [7, 11) is 1.57. The van der Waals surface area contributed by atoms with Crippen LogP contribution in [0.25, 0.3) is 0 Å². The minimum atomic E-state index is -3.44. The molecule has 3 nitrogen and oxygen atoms in total. The average molecular weight is 398 g/mol. The molecule has 0 fully saturated rings. The van der Waals surface area contributed by atoms with Gasteiger partial charge in [0.2, 0.25) is 0 Å². The van der Waals surface area contributed by atoms with Crippen molar-refractivity contribution in [3.63, 3.8) is 0 Å². The van der Waals surface area contributed by atoms with Gasteiger partial charge in [0.25, 0.3) is 0 Å². The second kappa shape index (κ2) is 7.75. The first-order chi connectivity index (χ1) is 9.39. The van der Waals surface area contributed by atoms with Gasteiger partial charge in [0.15, 0.2) is 0 Å². The van der Waals surface area contributed by atoms with Gasteiger partial charge in [-0.25, -0.2) is 4.79 Å². The van der Waals surface area contributed by atoms with Crippen LogP contribution in [0.4, 0.5) is 8.78 Å². The molecule has 1 aromatic carbocycles. The van der Waals surface area contributed by atoms with E-state index in [0.717, 1.165) is 11.3 Å². The zero-order valence-electron chi connectivity index (χ0n) is 11.4. The van der Waals surface area contributed by atoms with Crippen molar-refractivity contribution >= 4 is 28.6 Å². The maximum atomic E-state index is 13.6. The summed E-state index contributed by atoms with van der Waals surface area (Å²) in [6.45, 7) is 1.46. The number of halogens is 3. The van der Waals surface area contributed by atoms with Crippen LogP contribution < -0.4 is 4.74 Å². The summed E-state index contributed by atoms with van der Waals surface area (Å²) in [4.78, 5) is 11.1. The fourth-order valence-electron chi connectivity index (χ4n) is 1.69. The summed E-state index contributed by atoms with van der Waals surface area (Å²) in [6.07, 6.45) is -0.0715. The quantitative estimate of drug-likeness (QED) is 0.400. The SMILES string of the molecule is CCOC(=O)C(F)(F)CC(I)Cc1ccc(OC)cc1. The Morgan fingerprint density at radius 2 is 1.95 bits per heavy atom. The molecule has 1 rings (SSSR count). The fraction of sp³-hybridized carbons (Fsp3) is 0.500. The van der Waals surface area contributed by atoms with Crippen LogP contribution in [0.3, 0.4) is 0 Å². The number of benzene rings is 1. The number of hydrogen-bond acceptors (Lipinski definition) is 3. The number of carbonyl (C=O) groups is 1. The van der Waals surface area contributed by atoms with Crippen molar-refractivity contribution in [3.8, 4) is 5.75 Å². The third-order valence-electron chi connectivity index (χ3n) is 2.67. The van der Waals surface area contributed by atoms with Crippen LogP contribution in [0.15, 0.2) is 24.3 Å². The van der Waals surface area contributed by atoms with Crippen molar-refractivity contribution < 1.29 is 23.0 Å². The van der Waals surface area contributed by atoms with E-state index in [-0.39, 0.29) is 10.5 Å². The van der Waals surface area contributed by atoms with Gasteiger partial charge in [-0.2, -0.15) is 8.78 Å². The first-order valence-electron chi connectivity index (χ1n) is 6.21. The Hall–Kier alpha value is -0.920. The molecule has 0 N–H and O–H groups in total. The normalized spacial score (nSPS) is 12.8. The highest BCUT2D eigenvalue weighted by atomic mass is 127. The molecule has 0 aliphatic carbocycles. The largest absolute Gasteiger partial charge is 0.497 e. The summed E-state index contributed by atoms with van der Waals surface area (Å²) in [6, 6.07) is 7.21. The molecule has 0 aliphatic rings. The van der Waals surface area contributed by atoms with E-state index < -0.39 is 18.3 Å². The molecule has 20 heavy (non-hydrogen) atoms. The highest BCUT2D eigenvalue weighted by Crippen LogP contribution is 2.28. The van der Waals surface area contributed by atoms with E-state index in [9.17, 15) is 13.6 Å². The molecule has 0 spiro atoms. The van der Waals surface area contributed by atoms with E-state index in [1.165, 1.54) is 6.92 Å². The Kier molecular flexibility index (Phi) is 6.64. The fourth-order valence-corrected chi connectivity index (χ4v) is 2.75. The van der Waals surface area contributed by atoms with Gasteiger partial charge in [0.1, 0.15) is 5.75 Å². The van der Waals surface area contributed by atoms with Crippen LogP contribution in [0.5, 0.6) is 5.75 Å². The van der Waals surface area contributed by atoms with Gasteiger partial charge in [-0.15, -0.1) is 0 Å². The number of carbonyl (C=O) groups excluding carboxylic acids is 1. The van der Waals surface area contributed by atoms with E-state index in [1.807, 2.05) is 34.7 Å². The van der Waals surface area contributed by atoms with Crippen molar-refractivity contribution in [2.24, 2.45) is 0 Å². The standard InChI is InChI=1S/C14H17F2IO3/c1-3-20-13(18)14(15,16)9-11(17)8-10-4-6-12(19-2)7-5-10/h4-7,11H,3,8-9H2,1-2H3. The van der Waals surface area contributed by atoms with Gasteiger partial charge in [-0.05, 0) is 31.0 Å². The summed E-state index contributed by atoms with van der Waals surface area (Å²) < 4.78 is 36.2. The second-order valence-electron chi connectivity index (χ2n) is 4.28. The van der Waals surface area contributed by atoms with Crippen LogP contribution in [0.1, 0.15) is 18.9 Å². The van der Waals surface area contributed by atoms with Crippen LogP contribution in [-0.2, 0) is 16.0 Å². The number of hydrogen-bond donors (Lipinski definition) is 0. The molecule has 0 radical (unpaired) electrons. The molecule has 0 aromatic heterocycles. The lowest BCUT2D eigenvalue weighted by molar-refractivity contribution is -0.172. The number of esters is 1. The molecule has 1 atom stereocenters. The van der Waals surface area contributed by atoms with Crippen molar-refractivity contribution in [3.05, 3.63) is 29.8 Å². The van der Waals surface area contributed by atoms with E-state index in [1.54, 1.807) is 19.2 Å². The Morgan fingerprint density at radius 1 is 1.35 bits per heavy atom. The van der Waals surface area contributed by atoms with Crippen molar-refractivity contribution in [2.45, 2.75) is 29.6 Å². The lowest BCUT2D eigenvalue weighted by atomic mass is 10.1. The minimum Gasteiger partial charge on any atom is -0.497 e. The van der Waals surface area contributed by atoms with Gasteiger partial charge in [-0.1, -0.05) is 34.7 Å². The number of alkyl halides is 3. The Bertz CT molecular complexity index is 435. The third kappa shape index (κ3) is 5.22. The van der Waals surface area contributed by atoms with Gasteiger partial charge in [0.05, 0.1) is 13.7 Å². The summed E-state index contributed by atoms with van der Waals surface area (Å²) >= 11 is 1.93. The highest BCUT2D eigenvalue weighted by molar-refractivity contribution is 14.1. The van der Waals surface area contributed by atoms with Crippen LogP contribution in [0.2, 0.25) is 0 Å². The molecule has 0 aliphatic heterocycles. The lowest BCUT2D eigenvalue weighted by Crippen LogP contribution is -2.33. The molecule has 1 unspecified atom stereocenters. The third-order valence-corrected chi connectivity index (χ3v) is 3.55. The molecule has 0 heterocycles. The summed E-state index contributed by atoms with van der Waals surface area (Å²) in [5.41, 5.74) is 0.921. The van der Waals surface area contributed by atoms with Gasteiger partial charge < -0.3 is 9.47 Å². The molecule has 6 heteroatoms. The van der Waals surface area contributed by atoms with Crippen molar-refractivity contribution in [1.82, 2.24) is 0 Å². The Morgan fingerprint density at radius 3 is 2.45 bits per heavy atom. The van der Waals surface area contributed by atoms with Crippen molar-refractivity contribution in [2.75, 3.05) is 13.7 Å². The van der Waals surface area contributed by atoms with E-state index in [0.29, 0.717) is 6.42 Å². The number of methoxy groups -OCH3 is 1. The van der Waals surface area contributed by atoms with Crippen molar-refractivity contribution in [1.29, 1.82) is 0 Å². The average Bonchev–Trinajstić information content (AvgIpc) is 2.39. The number of ether oxygens (including phenoxy) is 2. The molecule has 0 saturated carbocycles. The maximum Gasteiger partial charge on any atom is 0.377 e. The van der Waals surface area contributed by atoms with Crippen LogP contribution in [-0.4, -0.2) is 29.5 Å². The van der Waals surface area contributed by atoms with Crippen LogP contribution >= 0.6 is 22.6 Å². The predicted molar refractivity (Wildman–Crippen MR) is 80.7 cm³/mol. The Balaban J connectivity index is 2.57. The first-order valence-corrected chi connectivity index (χ1v) is 7.45. The lowest BCUT2D eigenvalue weighted by Gasteiger charge is -2.18. The Labute approximate surface area is 130 Å². The van der Waals surface area contributed by atoms with Crippen LogP contribution in [0, 0.1) is 0 Å². The maximum absolute atomic E-state index is 13.6. The zero-order chi connectivity index (χ0) is 15.2. The molecule has 0 bridgehead atoms. The predicted octanol–water partition coefficient (Wildman–Crippen LogP) is 3.63.